The molecule has 0 aliphatic heterocycles. The van der Waals surface area contributed by atoms with Gasteiger partial charge in [-0.2, -0.15) is 0 Å². The molecule has 0 fully saturated rings. The lowest BCUT2D eigenvalue weighted by molar-refractivity contribution is 0.315. The quantitative estimate of drug-likeness (QED) is 0.617. The Bertz CT molecular complexity index is 647. The summed E-state index contributed by atoms with van der Waals surface area (Å²) in [5.41, 5.74) is 3.29. The Kier molecular flexibility index (Phi) is 1.89. The minimum absolute atomic E-state index is 0.685. The van der Waals surface area contributed by atoms with E-state index in [1.165, 1.54) is 0 Å². The number of nitrogens with zero attached hydrogens (tertiary/aromatic N) is 4. The zero-order chi connectivity index (χ0) is 11.0. The minimum Gasteiger partial charge on any atom is -0.243 e. The summed E-state index contributed by atoms with van der Waals surface area (Å²) in [5, 5.41) is 7.53. The van der Waals surface area contributed by atoms with Crippen molar-refractivity contribution in [3.63, 3.8) is 0 Å². The van der Waals surface area contributed by atoms with Crippen molar-refractivity contribution in [2.24, 2.45) is 0 Å². The zero-order valence-corrected chi connectivity index (χ0v) is 8.58. The molecule has 0 bridgehead atoms. The topological polar surface area (TPSA) is 64.7 Å². The van der Waals surface area contributed by atoms with Gasteiger partial charge in [-0.25, -0.2) is 14.6 Å². The second-order valence-corrected chi connectivity index (χ2v) is 3.49. The van der Waals surface area contributed by atoms with E-state index in [1.807, 2.05) is 31.2 Å². The molecule has 0 unspecified atom stereocenters. The summed E-state index contributed by atoms with van der Waals surface area (Å²) in [6, 6.07) is 7.47. The molecule has 0 saturated heterocycles. The van der Waals surface area contributed by atoms with Crippen LogP contribution in [0, 0.1) is 6.92 Å². The Labute approximate surface area is 91.1 Å². The standard InChI is InChI=1S/C11H8N4O/c1-7-4-5-12-11(13-7)8-2-3-9-10(6-8)15-16-14-9/h2-6H,1H3. The van der Waals surface area contributed by atoms with Gasteiger partial charge in [-0.15, -0.1) is 0 Å². The van der Waals surface area contributed by atoms with Crippen molar-refractivity contribution in [2.45, 2.75) is 6.92 Å². The van der Waals surface area contributed by atoms with E-state index < -0.39 is 0 Å². The van der Waals surface area contributed by atoms with Gasteiger partial charge in [0.15, 0.2) is 5.82 Å². The van der Waals surface area contributed by atoms with E-state index >= 15 is 0 Å². The number of fused-ring (bicyclic) bond motifs is 1. The van der Waals surface area contributed by atoms with Crippen LogP contribution in [0.5, 0.6) is 0 Å². The van der Waals surface area contributed by atoms with Crippen molar-refractivity contribution in [1.82, 2.24) is 20.3 Å². The van der Waals surface area contributed by atoms with Gasteiger partial charge in [0.2, 0.25) is 0 Å². The summed E-state index contributed by atoms with van der Waals surface area (Å²) in [6.45, 7) is 1.93. The molecule has 2 aromatic heterocycles. The molecule has 5 nitrogen and oxygen atoms in total. The third-order valence-electron chi connectivity index (χ3n) is 2.31. The van der Waals surface area contributed by atoms with Crippen molar-refractivity contribution in [3.8, 4) is 11.4 Å². The van der Waals surface area contributed by atoms with Crippen LogP contribution in [-0.2, 0) is 0 Å². The number of hydrogen-bond acceptors (Lipinski definition) is 5. The molecule has 78 valence electrons. The van der Waals surface area contributed by atoms with Gasteiger partial charge in [-0.3, -0.25) is 0 Å². The first-order chi connectivity index (χ1) is 7.83. The summed E-state index contributed by atoms with van der Waals surface area (Å²) in [5.74, 6) is 0.685. The highest BCUT2D eigenvalue weighted by molar-refractivity contribution is 5.78. The van der Waals surface area contributed by atoms with Crippen LogP contribution in [0.4, 0.5) is 0 Å². The first-order valence-corrected chi connectivity index (χ1v) is 4.85. The Morgan fingerprint density at radius 3 is 2.81 bits per heavy atom. The van der Waals surface area contributed by atoms with Gasteiger partial charge < -0.3 is 0 Å². The normalized spacial score (nSPS) is 10.8. The third kappa shape index (κ3) is 1.42. The molecule has 3 aromatic rings. The van der Waals surface area contributed by atoms with E-state index in [0.717, 1.165) is 16.8 Å². The molecular weight excluding hydrogens is 204 g/mol. The lowest BCUT2D eigenvalue weighted by atomic mass is 10.2. The number of aryl methyl sites for hydroxylation is 1. The summed E-state index contributed by atoms with van der Waals surface area (Å²) in [4.78, 5) is 8.56. The summed E-state index contributed by atoms with van der Waals surface area (Å²) < 4.78 is 4.64. The summed E-state index contributed by atoms with van der Waals surface area (Å²) >= 11 is 0. The van der Waals surface area contributed by atoms with E-state index in [9.17, 15) is 0 Å². The predicted molar refractivity (Wildman–Crippen MR) is 57.6 cm³/mol. The largest absolute Gasteiger partial charge is 0.243 e. The molecule has 16 heavy (non-hydrogen) atoms. The van der Waals surface area contributed by atoms with Crippen LogP contribution in [0.15, 0.2) is 35.1 Å². The zero-order valence-electron chi connectivity index (χ0n) is 8.58. The van der Waals surface area contributed by atoms with Crippen LogP contribution < -0.4 is 0 Å². The van der Waals surface area contributed by atoms with Crippen molar-refractivity contribution in [1.29, 1.82) is 0 Å². The molecule has 0 saturated carbocycles. The maximum absolute atomic E-state index is 4.64. The number of aromatic nitrogens is 4. The Hall–Kier alpha value is -2.30. The van der Waals surface area contributed by atoms with Gasteiger partial charge in [0.25, 0.3) is 0 Å². The average molecular weight is 212 g/mol. The first-order valence-electron chi connectivity index (χ1n) is 4.85. The fourth-order valence-electron chi connectivity index (χ4n) is 1.51. The minimum atomic E-state index is 0.685. The highest BCUT2D eigenvalue weighted by atomic mass is 16.6. The van der Waals surface area contributed by atoms with E-state index in [4.69, 9.17) is 0 Å². The molecule has 2 heterocycles. The highest BCUT2D eigenvalue weighted by Crippen LogP contribution is 2.19. The molecule has 0 aliphatic carbocycles. The van der Waals surface area contributed by atoms with Gasteiger partial charge in [0.05, 0.1) is 0 Å². The molecule has 0 atom stereocenters. The average Bonchev–Trinajstić information content (AvgIpc) is 2.75. The van der Waals surface area contributed by atoms with Crippen molar-refractivity contribution in [2.75, 3.05) is 0 Å². The van der Waals surface area contributed by atoms with Crippen LogP contribution in [-0.4, -0.2) is 20.3 Å². The molecule has 0 radical (unpaired) electrons. The van der Waals surface area contributed by atoms with Gasteiger partial charge >= 0.3 is 0 Å². The van der Waals surface area contributed by atoms with Crippen LogP contribution in [0.2, 0.25) is 0 Å². The first kappa shape index (κ1) is 8.96. The Morgan fingerprint density at radius 1 is 1.06 bits per heavy atom. The highest BCUT2D eigenvalue weighted by Gasteiger charge is 2.05. The van der Waals surface area contributed by atoms with Gasteiger partial charge in [-0.05, 0) is 41.5 Å². The van der Waals surface area contributed by atoms with E-state index in [0.29, 0.717) is 11.3 Å². The molecule has 1 aromatic carbocycles. The summed E-state index contributed by atoms with van der Waals surface area (Å²) in [7, 11) is 0. The van der Waals surface area contributed by atoms with E-state index in [1.54, 1.807) is 6.20 Å². The smallest absolute Gasteiger partial charge is 0.159 e. The van der Waals surface area contributed by atoms with E-state index in [2.05, 4.69) is 24.9 Å². The maximum atomic E-state index is 4.64. The van der Waals surface area contributed by atoms with Crippen molar-refractivity contribution < 1.29 is 4.63 Å². The van der Waals surface area contributed by atoms with Crippen LogP contribution in [0.1, 0.15) is 5.69 Å². The second-order valence-electron chi connectivity index (χ2n) is 3.49. The molecule has 0 spiro atoms. The molecule has 0 N–H and O–H groups in total. The number of benzene rings is 1. The lowest BCUT2D eigenvalue weighted by Crippen LogP contribution is -1.90. The molecular formula is C11H8N4O. The fraction of sp³-hybridized carbons (Fsp3) is 0.0909. The predicted octanol–water partition coefficient (Wildman–Crippen LogP) is 1.99. The number of rotatable bonds is 1. The lowest BCUT2D eigenvalue weighted by Gasteiger charge is -1.99. The maximum Gasteiger partial charge on any atom is 0.159 e. The molecule has 5 heteroatoms. The summed E-state index contributed by atoms with van der Waals surface area (Å²) in [6.07, 6.45) is 1.74. The van der Waals surface area contributed by atoms with Crippen LogP contribution in [0.3, 0.4) is 0 Å². The molecule has 0 amide bonds. The van der Waals surface area contributed by atoms with Gasteiger partial charge in [0, 0.05) is 17.5 Å². The van der Waals surface area contributed by atoms with Crippen molar-refractivity contribution >= 4 is 11.0 Å². The van der Waals surface area contributed by atoms with Crippen LogP contribution in [0.25, 0.3) is 22.4 Å². The van der Waals surface area contributed by atoms with Gasteiger partial charge in [-0.1, -0.05) is 0 Å². The Balaban J connectivity index is 2.18. The van der Waals surface area contributed by atoms with Gasteiger partial charge in [0.1, 0.15) is 11.0 Å². The Morgan fingerprint density at radius 2 is 1.94 bits per heavy atom. The molecule has 0 aliphatic rings. The monoisotopic (exact) mass is 212 g/mol. The second kappa shape index (κ2) is 3.37. The number of hydrogen-bond donors (Lipinski definition) is 0. The van der Waals surface area contributed by atoms with Crippen molar-refractivity contribution in [3.05, 3.63) is 36.2 Å². The molecule has 3 rings (SSSR count). The van der Waals surface area contributed by atoms with E-state index in [-0.39, 0.29) is 0 Å². The SMILES string of the molecule is Cc1ccnc(-c2ccc3nonc3c2)n1. The third-order valence-corrected chi connectivity index (χ3v) is 2.31. The fourth-order valence-corrected chi connectivity index (χ4v) is 1.51. The van der Waals surface area contributed by atoms with Crippen LogP contribution >= 0.6 is 0 Å².